The van der Waals surface area contributed by atoms with E-state index >= 15 is 0 Å². The lowest BCUT2D eigenvalue weighted by Gasteiger charge is -2.14. The van der Waals surface area contributed by atoms with Crippen LogP contribution in [-0.4, -0.2) is 12.4 Å². The highest BCUT2D eigenvalue weighted by Gasteiger charge is 2.23. The van der Waals surface area contributed by atoms with E-state index < -0.39 is 0 Å². The van der Waals surface area contributed by atoms with Gasteiger partial charge in [-0.25, -0.2) is 0 Å². The van der Waals surface area contributed by atoms with Gasteiger partial charge in [0.05, 0.1) is 12.2 Å². The molecule has 3 aromatic carbocycles. The highest BCUT2D eigenvalue weighted by molar-refractivity contribution is 7.99. The number of rotatable bonds is 6. The molecule has 142 valence electrons. The van der Waals surface area contributed by atoms with Gasteiger partial charge in [-0.15, -0.1) is 0 Å². The monoisotopic (exact) mass is 391 g/mol. The SMILES string of the molecule is CC(=O)c1ccc(OCc2ccccc2Sc2cccc(N)c2)c2c1OCC2. The van der Waals surface area contributed by atoms with Gasteiger partial charge in [-0.05, 0) is 43.3 Å². The van der Waals surface area contributed by atoms with Gasteiger partial charge in [-0.2, -0.15) is 0 Å². The van der Waals surface area contributed by atoms with Crippen molar-refractivity contribution in [2.75, 3.05) is 12.3 Å². The highest BCUT2D eigenvalue weighted by atomic mass is 32.2. The lowest BCUT2D eigenvalue weighted by Crippen LogP contribution is -2.01. The first-order valence-electron chi connectivity index (χ1n) is 9.15. The van der Waals surface area contributed by atoms with Crippen LogP contribution in [-0.2, 0) is 13.0 Å². The Morgan fingerprint density at radius 1 is 1.14 bits per heavy atom. The van der Waals surface area contributed by atoms with E-state index in [0.29, 0.717) is 24.5 Å². The Kier molecular flexibility index (Phi) is 5.26. The topological polar surface area (TPSA) is 61.5 Å². The lowest BCUT2D eigenvalue weighted by atomic mass is 10.0. The van der Waals surface area contributed by atoms with E-state index in [9.17, 15) is 4.79 Å². The van der Waals surface area contributed by atoms with Gasteiger partial charge in [-0.3, -0.25) is 4.79 Å². The van der Waals surface area contributed by atoms with Crippen LogP contribution in [0.25, 0.3) is 0 Å². The van der Waals surface area contributed by atoms with Crippen molar-refractivity contribution in [3.05, 3.63) is 77.4 Å². The number of ether oxygens (including phenoxy) is 2. The first kappa shape index (κ1) is 18.4. The largest absolute Gasteiger partial charge is 0.492 e. The van der Waals surface area contributed by atoms with Gasteiger partial charge < -0.3 is 15.2 Å². The number of anilines is 1. The van der Waals surface area contributed by atoms with Crippen LogP contribution in [0.3, 0.4) is 0 Å². The number of fused-ring (bicyclic) bond motifs is 1. The number of benzene rings is 3. The first-order valence-corrected chi connectivity index (χ1v) is 9.97. The minimum atomic E-state index is 0.00794. The Bertz CT molecular complexity index is 1030. The van der Waals surface area contributed by atoms with Gasteiger partial charge in [0.15, 0.2) is 5.78 Å². The molecule has 1 aliphatic heterocycles. The number of nitrogens with two attached hydrogens (primary N) is 1. The molecule has 28 heavy (non-hydrogen) atoms. The third-order valence-electron chi connectivity index (χ3n) is 4.64. The summed E-state index contributed by atoms with van der Waals surface area (Å²) in [5.41, 5.74) is 9.34. The van der Waals surface area contributed by atoms with Gasteiger partial charge in [0.2, 0.25) is 0 Å². The minimum Gasteiger partial charge on any atom is -0.492 e. The minimum absolute atomic E-state index is 0.00794. The van der Waals surface area contributed by atoms with E-state index in [1.54, 1.807) is 24.8 Å². The predicted molar refractivity (Wildman–Crippen MR) is 111 cm³/mol. The Hall–Kier alpha value is -2.92. The molecule has 4 rings (SSSR count). The van der Waals surface area contributed by atoms with Crippen LogP contribution in [0.5, 0.6) is 11.5 Å². The van der Waals surface area contributed by atoms with Crippen molar-refractivity contribution in [3.63, 3.8) is 0 Å². The second-order valence-electron chi connectivity index (χ2n) is 6.64. The maximum absolute atomic E-state index is 11.8. The summed E-state index contributed by atoms with van der Waals surface area (Å²) >= 11 is 1.67. The zero-order chi connectivity index (χ0) is 19.5. The van der Waals surface area contributed by atoms with Crippen molar-refractivity contribution < 1.29 is 14.3 Å². The van der Waals surface area contributed by atoms with Gasteiger partial charge >= 0.3 is 0 Å². The van der Waals surface area contributed by atoms with Crippen molar-refractivity contribution in [2.45, 2.75) is 29.7 Å². The van der Waals surface area contributed by atoms with Gasteiger partial charge in [0.25, 0.3) is 0 Å². The molecule has 0 aromatic heterocycles. The standard InChI is InChI=1S/C23H21NO3S/c1-15(25)19-9-10-21(20-11-12-26-23(19)20)27-14-16-5-2-3-8-22(16)28-18-7-4-6-17(24)13-18/h2-10,13H,11-12,14,24H2,1H3. The molecule has 0 amide bonds. The zero-order valence-electron chi connectivity index (χ0n) is 15.6. The van der Waals surface area contributed by atoms with Crippen molar-refractivity contribution in [1.29, 1.82) is 0 Å². The van der Waals surface area contributed by atoms with Crippen LogP contribution >= 0.6 is 11.8 Å². The van der Waals surface area contributed by atoms with E-state index in [0.717, 1.165) is 38.8 Å². The van der Waals surface area contributed by atoms with E-state index in [1.807, 2.05) is 42.5 Å². The van der Waals surface area contributed by atoms with Gasteiger partial charge in [-0.1, -0.05) is 36.0 Å². The molecule has 1 aliphatic rings. The van der Waals surface area contributed by atoms with Crippen LogP contribution in [0.15, 0.2) is 70.5 Å². The van der Waals surface area contributed by atoms with E-state index in [2.05, 4.69) is 12.1 Å². The normalized spacial score (nSPS) is 12.3. The predicted octanol–water partition coefficient (Wildman–Crippen LogP) is 5.14. The molecule has 0 radical (unpaired) electrons. The number of ketones is 1. The summed E-state index contributed by atoms with van der Waals surface area (Å²) in [6.07, 6.45) is 0.755. The summed E-state index contributed by atoms with van der Waals surface area (Å²) in [7, 11) is 0. The smallest absolute Gasteiger partial charge is 0.163 e. The molecule has 0 bridgehead atoms. The van der Waals surface area contributed by atoms with Crippen molar-refractivity contribution in [1.82, 2.24) is 0 Å². The molecular formula is C23H21NO3S. The molecule has 3 aromatic rings. The maximum atomic E-state index is 11.8. The molecule has 0 saturated heterocycles. The average molecular weight is 391 g/mol. The van der Waals surface area contributed by atoms with Crippen LogP contribution in [0.4, 0.5) is 5.69 Å². The van der Waals surface area contributed by atoms with E-state index in [-0.39, 0.29) is 5.78 Å². The van der Waals surface area contributed by atoms with Crippen molar-refractivity contribution >= 4 is 23.2 Å². The third kappa shape index (κ3) is 3.85. The molecule has 0 aliphatic carbocycles. The Labute approximate surface area is 168 Å². The number of carbonyl (C=O) groups excluding carboxylic acids is 1. The fraction of sp³-hybridized carbons (Fsp3) is 0.174. The second kappa shape index (κ2) is 7.98. The molecule has 0 atom stereocenters. The van der Waals surface area contributed by atoms with E-state index in [4.69, 9.17) is 15.2 Å². The van der Waals surface area contributed by atoms with Crippen molar-refractivity contribution in [2.24, 2.45) is 0 Å². The quantitative estimate of drug-likeness (QED) is 0.466. The van der Waals surface area contributed by atoms with Crippen molar-refractivity contribution in [3.8, 4) is 11.5 Å². The van der Waals surface area contributed by atoms with Gasteiger partial charge in [0, 0.05) is 33.0 Å². The summed E-state index contributed by atoms with van der Waals surface area (Å²) < 4.78 is 11.8. The number of nitrogen functional groups attached to an aromatic ring is 1. The molecular weight excluding hydrogens is 370 g/mol. The van der Waals surface area contributed by atoms with E-state index in [1.165, 1.54) is 0 Å². The maximum Gasteiger partial charge on any atom is 0.163 e. The lowest BCUT2D eigenvalue weighted by molar-refractivity contribution is 0.101. The molecule has 5 heteroatoms. The Balaban J connectivity index is 1.55. The van der Waals surface area contributed by atoms with Crippen LogP contribution < -0.4 is 15.2 Å². The summed E-state index contributed by atoms with van der Waals surface area (Å²) in [6, 6.07) is 19.7. The average Bonchev–Trinajstić information content (AvgIpc) is 3.17. The molecule has 0 spiro atoms. The van der Waals surface area contributed by atoms with Gasteiger partial charge in [0.1, 0.15) is 18.1 Å². The third-order valence-corrected chi connectivity index (χ3v) is 5.74. The van der Waals surface area contributed by atoms with Crippen LogP contribution in [0.2, 0.25) is 0 Å². The fourth-order valence-electron chi connectivity index (χ4n) is 3.26. The first-order chi connectivity index (χ1) is 13.6. The zero-order valence-corrected chi connectivity index (χ0v) is 16.4. The summed E-state index contributed by atoms with van der Waals surface area (Å²) in [5, 5.41) is 0. The Morgan fingerprint density at radius 2 is 2.00 bits per heavy atom. The molecule has 2 N–H and O–H groups in total. The molecule has 1 heterocycles. The number of Topliss-reactive ketones (excluding diaryl/α,β-unsaturated/α-hetero) is 1. The highest BCUT2D eigenvalue weighted by Crippen LogP contribution is 2.38. The fourth-order valence-corrected chi connectivity index (χ4v) is 4.26. The molecule has 0 saturated carbocycles. The number of hydrogen-bond acceptors (Lipinski definition) is 5. The molecule has 4 nitrogen and oxygen atoms in total. The van der Waals surface area contributed by atoms with Crippen LogP contribution in [0, 0.1) is 0 Å². The summed E-state index contributed by atoms with van der Waals surface area (Å²) in [5.74, 6) is 1.46. The summed E-state index contributed by atoms with van der Waals surface area (Å²) in [6.45, 7) is 2.58. The number of carbonyl (C=O) groups is 1. The second-order valence-corrected chi connectivity index (χ2v) is 7.76. The molecule has 0 fully saturated rings. The van der Waals surface area contributed by atoms with Crippen LogP contribution in [0.1, 0.15) is 28.4 Å². The Morgan fingerprint density at radius 3 is 2.82 bits per heavy atom. The number of hydrogen-bond donors (Lipinski definition) is 1. The summed E-state index contributed by atoms with van der Waals surface area (Å²) in [4.78, 5) is 14.0. The molecule has 0 unspecified atom stereocenters.